The standard InChI is InChI=1S/C25H23ClN4O3S/c1-15-9-11-21(33-3)19(13-15)27-24(31)22(16-7-5-4-6-8-16)34-25-28-23(29-30-25)18-14-17(26)10-12-20(18)32-2/h4-14,22H,1-3H3,(H,27,31)(H,28,29,30). The number of carbonyl (C=O) groups is 1. The van der Waals surface area contributed by atoms with Gasteiger partial charge in [-0.2, -0.15) is 0 Å². The molecule has 0 aliphatic rings. The second-order valence-corrected chi connectivity index (χ2v) is 8.92. The number of H-pyrrole nitrogens is 1. The summed E-state index contributed by atoms with van der Waals surface area (Å²) in [5.74, 6) is 1.48. The first-order valence-corrected chi connectivity index (χ1v) is 11.7. The second-order valence-electron chi connectivity index (χ2n) is 7.41. The van der Waals surface area contributed by atoms with Crippen molar-refractivity contribution in [2.45, 2.75) is 17.3 Å². The predicted octanol–water partition coefficient (Wildman–Crippen LogP) is 5.92. The van der Waals surface area contributed by atoms with E-state index in [-0.39, 0.29) is 5.91 Å². The summed E-state index contributed by atoms with van der Waals surface area (Å²) in [7, 11) is 3.15. The molecule has 0 spiro atoms. The first kappa shape index (κ1) is 23.7. The van der Waals surface area contributed by atoms with Gasteiger partial charge in [-0.15, -0.1) is 5.10 Å². The largest absolute Gasteiger partial charge is 0.496 e. The number of carbonyl (C=O) groups excluding carboxylic acids is 1. The number of aromatic amines is 1. The highest BCUT2D eigenvalue weighted by Gasteiger charge is 2.25. The van der Waals surface area contributed by atoms with Crippen LogP contribution >= 0.6 is 23.4 Å². The molecule has 174 valence electrons. The van der Waals surface area contributed by atoms with Gasteiger partial charge < -0.3 is 14.8 Å². The first-order chi connectivity index (χ1) is 16.5. The van der Waals surface area contributed by atoms with Gasteiger partial charge in [-0.25, -0.2) is 4.98 Å². The molecule has 1 atom stereocenters. The molecule has 9 heteroatoms. The molecule has 7 nitrogen and oxygen atoms in total. The fraction of sp³-hybridized carbons (Fsp3) is 0.160. The molecule has 0 bridgehead atoms. The monoisotopic (exact) mass is 494 g/mol. The van der Waals surface area contributed by atoms with Crippen molar-refractivity contribution in [2.24, 2.45) is 0 Å². The molecule has 0 radical (unpaired) electrons. The summed E-state index contributed by atoms with van der Waals surface area (Å²) < 4.78 is 10.8. The van der Waals surface area contributed by atoms with E-state index in [4.69, 9.17) is 21.1 Å². The average molecular weight is 495 g/mol. The van der Waals surface area contributed by atoms with Gasteiger partial charge in [-0.1, -0.05) is 59.8 Å². The van der Waals surface area contributed by atoms with Gasteiger partial charge in [-0.3, -0.25) is 9.89 Å². The minimum Gasteiger partial charge on any atom is -0.496 e. The highest BCUT2D eigenvalue weighted by Crippen LogP contribution is 2.37. The van der Waals surface area contributed by atoms with Crippen LogP contribution in [-0.2, 0) is 4.79 Å². The number of hydrogen-bond donors (Lipinski definition) is 2. The zero-order chi connectivity index (χ0) is 24.1. The van der Waals surface area contributed by atoms with Crippen molar-refractivity contribution < 1.29 is 14.3 Å². The molecule has 1 aromatic heterocycles. The third kappa shape index (κ3) is 5.35. The van der Waals surface area contributed by atoms with E-state index in [9.17, 15) is 4.79 Å². The molecule has 4 rings (SSSR count). The van der Waals surface area contributed by atoms with E-state index in [0.29, 0.717) is 38.8 Å². The van der Waals surface area contributed by atoms with Gasteiger partial charge in [0, 0.05) is 5.02 Å². The van der Waals surface area contributed by atoms with E-state index >= 15 is 0 Å². The number of nitrogens with one attached hydrogen (secondary N) is 2. The van der Waals surface area contributed by atoms with Gasteiger partial charge in [0.2, 0.25) is 11.1 Å². The lowest BCUT2D eigenvalue weighted by Crippen LogP contribution is -2.19. The van der Waals surface area contributed by atoms with Crippen LogP contribution in [0, 0.1) is 6.92 Å². The molecule has 1 amide bonds. The lowest BCUT2D eigenvalue weighted by Gasteiger charge is -2.17. The predicted molar refractivity (Wildman–Crippen MR) is 135 cm³/mol. The normalized spacial score (nSPS) is 11.6. The van der Waals surface area contributed by atoms with E-state index in [1.807, 2.05) is 55.5 Å². The maximum absolute atomic E-state index is 13.4. The molecular formula is C25H23ClN4O3S. The van der Waals surface area contributed by atoms with Crippen molar-refractivity contribution >= 4 is 35.0 Å². The molecule has 0 saturated heterocycles. The summed E-state index contributed by atoms with van der Waals surface area (Å²) in [6.45, 7) is 1.96. The SMILES string of the molecule is COc1ccc(C)cc1NC(=O)C(Sc1n[nH]c(-c2cc(Cl)ccc2OC)n1)c1ccccc1. The molecular weight excluding hydrogens is 472 g/mol. The summed E-state index contributed by atoms with van der Waals surface area (Å²) in [6, 6.07) is 20.4. The van der Waals surface area contributed by atoms with Gasteiger partial charge in [0.25, 0.3) is 0 Å². The van der Waals surface area contributed by atoms with Crippen LogP contribution in [0.25, 0.3) is 11.4 Å². The Morgan fingerprint density at radius 2 is 1.76 bits per heavy atom. The number of thioether (sulfide) groups is 1. The molecule has 2 N–H and O–H groups in total. The number of nitrogens with zero attached hydrogens (tertiary/aromatic N) is 2. The highest BCUT2D eigenvalue weighted by molar-refractivity contribution is 8.00. The van der Waals surface area contributed by atoms with Crippen LogP contribution in [-0.4, -0.2) is 35.3 Å². The van der Waals surface area contributed by atoms with E-state index in [2.05, 4.69) is 20.5 Å². The van der Waals surface area contributed by atoms with Crippen LogP contribution in [0.5, 0.6) is 11.5 Å². The topological polar surface area (TPSA) is 89.1 Å². The Hall–Kier alpha value is -3.49. The number of aromatic nitrogens is 3. The second kappa shape index (κ2) is 10.6. The minimum absolute atomic E-state index is 0.216. The van der Waals surface area contributed by atoms with Gasteiger partial charge in [0.15, 0.2) is 5.82 Å². The number of anilines is 1. The fourth-order valence-electron chi connectivity index (χ4n) is 3.41. The van der Waals surface area contributed by atoms with Crippen LogP contribution in [0.2, 0.25) is 5.02 Å². The Kier molecular flexibility index (Phi) is 7.40. The van der Waals surface area contributed by atoms with E-state index in [1.165, 1.54) is 11.8 Å². The van der Waals surface area contributed by atoms with Crippen LogP contribution in [0.15, 0.2) is 71.9 Å². The Morgan fingerprint density at radius 1 is 1.03 bits per heavy atom. The minimum atomic E-state index is -0.601. The molecule has 34 heavy (non-hydrogen) atoms. The van der Waals surface area contributed by atoms with E-state index in [0.717, 1.165) is 11.1 Å². The van der Waals surface area contributed by atoms with Crippen LogP contribution in [0.1, 0.15) is 16.4 Å². The molecule has 4 aromatic rings. The Bertz CT molecular complexity index is 1300. The number of amides is 1. The van der Waals surface area contributed by atoms with Crippen molar-refractivity contribution in [3.63, 3.8) is 0 Å². The summed E-state index contributed by atoms with van der Waals surface area (Å²) in [5.41, 5.74) is 3.12. The Balaban J connectivity index is 1.63. The lowest BCUT2D eigenvalue weighted by molar-refractivity contribution is -0.115. The van der Waals surface area contributed by atoms with Crippen LogP contribution in [0.4, 0.5) is 5.69 Å². The summed E-state index contributed by atoms with van der Waals surface area (Å²) >= 11 is 7.40. The van der Waals surface area contributed by atoms with Gasteiger partial charge in [0.1, 0.15) is 16.7 Å². The van der Waals surface area contributed by atoms with Gasteiger partial charge in [0.05, 0.1) is 25.5 Å². The number of rotatable bonds is 8. The third-order valence-corrected chi connectivity index (χ3v) is 6.41. The van der Waals surface area contributed by atoms with E-state index < -0.39 is 5.25 Å². The number of ether oxygens (including phenoxy) is 2. The smallest absolute Gasteiger partial charge is 0.242 e. The van der Waals surface area contributed by atoms with Crippen LogP contribution < -0.4 is 14.8 Å². The third-order valence-electron chi connectivity index (χ3n) is 5.06. The molecule has 0 fully saturated rings. The summed E-state index contributed by atoms with van der Waals surface area (Å²) in [6.07, 6.45) is 0. The average Bonchev–Trinajstić information content (AvgIpc) is 3.32. The number of hydrogen-bond acceptors (Lipinski definition) is 6. The van der Waals surface area contributed by atoms with Crippen molar-refractivity contribution in [3.05, 3.63) is 82.9 Å². The summed E-state index contributed by atoms with van der Waals surface area (Å²) in [5, 5.41) is 10.6. The lowest BCUT2D eigenvalue weighted by atomic mass is 10.1. The van der Waals surface area contributed by atoms with Crippen LogP contribution in [0.3, 0.4) is 0 Å². The molecule has 1 unspecified atom stereocenters. The van der Waals surface area contributed by atoms with Gasteiger partial charge in [-0.05, 0) is 48.4 Å². The maximum atomic E-state index is 13.4. The molecule has 0 aliphatic carbocycles. The maximum Gasteiger partial charge on any atom is 0.242 e. The van der Waals surface area contributed by atoms with Crippen molar-refractivity contribution in [1.82, 2.24) is 15.2 Å². The van der Waals surface area contributed by atoms with Crippen molar-refractivity contribution in [2.75, 3.05) is 19.5 Å². The van der Waals surface area contributed by atoms with E-state index in [1.54, 1.807) is 32.4 Å². The number of benzene rings is 3. The first-order valence-electron chi connectivity index (χ1n) is 10.4. The molecule has 0 saturated carbocycles. The van der Waals surface area contributed by atoms with Crippen molar-refractivity contribution in [1.29, 1.82) is 0 Å². The quantitative estimate of drug-likeness (QED) is 0.295. The molecule has 0 aliphatic heterocycles. The number of halogens is 1. The van der Waals surface area contributed by atoms with Crippen molar-refractivity contribution in [3.8, 4) is 22.9 Å². The number of aryl methyl sites for hydroxylation is 1. The zero-order valence-electron chi connectivity index (χ0n) is 18.8. The summed E-state index contributed by atoms with van der Waals surface area (Å²) in [4.78, 5) is 18.0. The molecule has 3 aromatic carbocycles. The number of methoxy groups -OCH3 is 2. The fourth-order valence-corrected chi connectivity index (χ4v) is 4.49. The van der Waals surface area contributed by atoms with Gasteiger partial charge >= 0.3 is 0 Å². The highest BCUT2D eigenvalue weighted by atomic mass is 35.5. The zero-order valence-corrected chi connectivity index (χ0v) is 20.4. The Morgan fingerprint density at radius 3 is 2.50 bits per heavy atom. The molecule has 1 heterocycles. The Labute approximate surface area is 206 Å².